The van der Waals surface area contributed by atoms with E-state index in [2.05, 4.69) is 5.32 Å². The minimum Gasteiger partial charge on any atom is -0.484 e. The maximum atomic E-state index is 13.0. The van der Waals surface area contributed by atoms with Crippen molar-refractivity contribution in [3.05, 3.63) is 64.9 Å². The normalized spacial score (nSPS) is 15.2. The van der Waals surface area contributed by atoms with Crippen molar-refractivity contribution in [3.63, 3.8) is 0 Å². The summed E-state index contributed by atoms with van der Waals surface area (Å²) in [6, 6.07) is 13.1. The van der Waals surface area contributed by atoms with Crippen LogP contribution in [0.3, 0.4) is 0 Å². The number of benzene rings is 2. The first-order valence-electron chi connectivity index (χ1n) is 7.03. The Morgan fingerprint density at radius 3 is 2.36 bits per heavy atom. The zero-order valence-electron chi connectivity index (χ0n) is 11.8. The first-order valence-corrected chi connectivity index (χ1v) is 7.41. The van der Waals surface area contributed by atoms with Crippen LogP contribution in [0.4, 0.5) is 4.39 Å². The molecular weight excluding hydrogens is 305 g/mol. The highest BCUT2D eigenvalue weighted by Crippen LogP contribution is 2.45. The van der Waals surface area contributed by atoms with E-state index in [9.17, 15) is 9.18 Å². The number of hydrogen-bond acceptors (Lipinski definition) is 2. The topological polar surface area (TPSA) is 38.3 Å². The summed E-state index contributed by atoms with van der Waals surface area (Å²) in [6.45, 7) is -0.0649. The van der Waals surface area contributed by atoms with Crippen LogP contribution >= 0.6 is 11.6 Å². The van der Waals surface area contributed by atoms with Gasteiger partial charge in [0.25, 0.3) is 5.91 Å². The number of carbonyl (C=O) groups is 1. The molecule has 0 heterocycles. The fourth-order valence-corrected chi connectivity index (χ4v) is 2.49. The number of nitrogens with one attached hydrogen (secondary N) is 1. The van der Waals surface area contributed by atoms with Gasteiger partial charge in [0.15, 0.2) is 6.61 Å². The molecule has 5 heteroatoms. The van der Waals surface area contributed by atoms with Crippen LogP contribution in [0.2, 0.25) is 5.02 Å². The van der Waals surface area contributed by atoms with Crippen LogP contribution in [0.25, 0.3) is 0 Å². The highest BCUT2D eigenvalue weighted by molar-refractivity contribution is 6.30. The van der Waals surface area contributed by atoms with E-state index in [4.69, 9.17) is 16.3 Å². The molecule has 3 rings (SSSR count). The first-order chi connectivity index (χ1) is 10.6. The number of halogens is 2. The summed E-state index contributed by atoms with van der Waals surface area (Å²) >= 11 is 5.79. The van der Waals surface area contributed by atoms with Crippen LogP contribution in [-0.2, 0) is 10.3 Å². The molecule has 1 amide bonds. The lowest BCUT2D eigenvalue weighted by molar-refractivity contribution is -0.124. The molecule has 0 bridgehead atoms. The van der Waals surface area contributed by atoms with Crippen molar-refractivity contribution in [3.8, 4) is 5.75 Å². The SMILES string of the molecule is O=C(COc1ccc(Cl)cc1)NC1(c2ccc(F)cc2)CC1. The number of amides is 1. The molecule has 0 aliphatic heterocycles. The summed E-state index contributed by atoms with van der Waals surface area (Å²) in [5, 5.41) is 3.59. The minimum absolute atomic E-state index is 0.0649. The lowest BCUT2D eigenvalue weighted by atomic mass is 10.1. The average Bonchev–Trinajstić information content (AvgIpc) is 3.28. The molecule has 0 spiro atoms. The molecule has 22 heavy (non-hydrogen) atoms. The van der Waals surface area contributed by atoms with Gasteiger partial charge in [0.2, 0.25) is 0 Å². The van der Waals surface area contributed by atoms with Gasteiger partial charge in [-0.05, 0) is 54.8 Å². The van der Waals surface area contributed by atoms with Gasteiger partial charge in [0.1, 0.15) is 11.6 Å². The lowest BCUT2D eigenvalue weighted by Crippen LogP contribution is -2.38. The summed E-state index contributed by atoms with van der Waals surface area (Å²) < 4.78 is 18.4. The Morgan fingerprint density at radius 1 is 1.14 bits per heavy atom. The summed E-state index contributed by atoms with van der Waals surface area (Å²) in [6.07, 6.45) is 1.70. The maximum absolute atomic E-state index is 13.0. The Bertz CT molecular complexity index is 666. The van der Waals surface area contributed by atoms with Crippen molar-refractivity contribution in [2.45, 2.75) is 18.4 Å². The Hall–Kier alpha value is -2.07. The van der Waals surface area contributed by atoms with Crippen LogP contribution in [0, 0.1) is 5.82 Å². The Morgan fingerprint density at radius 2 is 1.77 bits per heavy atom. The van der Waals surface area contributed by atoms with E-state index in [1.165, 1.54) is 12.1 Å². The van der Waals surface area contributed by atoms with Crippen molar-refractivity contribution in [1.29, 1.82) is 0 Å². The van der Waals surface area contributed by atoms with E-state index >= 15 is 0 Å². The van der Waals surface area contributed by atoms with Crippen molar-refractivity contribution in [2.24, 2.45) is 0 Å². The quantitative estimate of drug-likeness (QED) is 0.913. The van der Waals surface area contributed by atoms with Crippen LogP contribution in [0.15, 0.2) is 48.5 Å². The third-order valence-electron chi connectivity index (χ3n) is 3.71. The van der Waals surface area contributed by atoms with Gasteiger partial charge in [-0.15, -0.1) is 0 Å². The maximum Gasteiger partial charge on any atom is 0.258 e. The Labute approximate surface area is 133 Å². The third-order valence-corrected chi connectivity index (χ3v) is 3.96. The summed E-state index contributed by atoms with van der Waals surface area (Å²) in [5.74, 6) is 0.111. The number of ether oxygens (including phenoxy) is 1. The predicted molar refractivity (Wildman–Crippen MR) is 82.4 cm³/mol. The van der Waals surface area contributed by atoms with Crippen LogP contribution in [-0.4, -0.2) is 12.5 Å². The number of carbonyl (C=O) groups excluding carboxylic acids is 1. The van der Waals surface area contributed by atoms with Gasteiger partial charge in [-0.3, -0.25) is 4.79 Å². The predicted octanol–water partition coefficient (Wildman–Crippen LogP) is 3.66. The van der Waals surface area contributed by atoms with E-state index in [1.54, 1.807) is 36.4 Å². The second kappa shape index (κ2) is 5.97. The molecule has 0 aromatic heterocycles. The number of rotatable bonds is 5. The van der Waals surface area contributed by atoms with E-state index in [-0.39, 0.29) is 23.9 Å². The van der Waals surface area contributed by atoms with Crippen LogP contribution < -0.4 is 10.1 Å². The van der Waals surface area contributed by atoms with Crippen molar-refractivity contribution < 1.29 is 13.9 Å². The second-order valence-corrected chi connectivity index (χ2v) is 5.82. The van der Waals surface area contributed by atoms with Gasteiger partial charge in [0, 0.05) is 5.02 Å². The molecular formula is C17H15ClFNO2. The molecule has 3 nitrogen and oxygen atoms in total. The van der Waals surface area contributed by atoms with E-state index in [0.29, 0.717) is 10.8 Å². The molecule has 1 fully saturated rings. The highest BCUT2D eigenvalue weighted by Gasteiger charge is 2.45. The zero-order valence-corrected chi connectivity index (χ0v) is 12.6. The average molecular weight is 320 g/mol. The fraction of sp³-hybridized carbons (Fsp3) is 0.235. The molecule has 2 aromatic carbocycles. The molecule has 114 valence electrons. The minimum atomic E-state index is -0.367. The van der Waals surface area contributed by atoms with E-state index < -0.39 is 0 Å². The molecule has 1 aliphatic carbocycles. The van der Waals surface area contributed by atoms with Crippen molar-refractivity contribution in [2.75, 3.05) is 6.61 Å². The third kappa shape index (κ3) is 3.39. The monoisotopic (exact) mass is 319 g/mol. The van der Waals surface area contributed by atoms with Gasteiger partial charge >= 0.3 is 0 Å². The van der Waals surface area contributed by atoms with E-state index in [1.807, 2.05) is 0 Å². The summed E-state index contributed by atoms with van der Waals surface area (Å²) in [5.41, 5.74) is 0.558. The molecule has 1 aliphatic rings. The standard InChI is InChI=1S/C17H15ClFNO2/c18-13-3-7-15(8-4-13)22-11-16(21)20-17(9-10-17)12-1-5-14(19)6-2-12/h1-8H,9-11H2,(H,20,21). The molecule has 0 saturated heterocycles. The molecule has 0 radical (unpaired) electrons. The fourth-order valence-electron chi connectivity index (χ4n) is 2.36. The lowest BCUT2D eigenvalue weighted by Gasteiger charge is -2.18. The molecule has 1 N–H and O–H groups in total. The molecule has 2 aromatic rings. The molecule has 0 atom stereocenters. The Kier molecular flexibility index (Phi) is 4.03. The van der Waals surface area contributed by atoms with E-state index in [0.717, 1.165) is 18.4 Å². The highest BCUT2D eigenvalue weighted by atomic mass is 35.5. The van der Waals surface area contributed by atoms with Crippen LogP contribution in [0.1, 0.15) is 18.4 Å². The summed E-state index contributed by atoms with van der Waals surface area (Å²) in [7, 11) is 0. The van der Waals surface area contributed by atoms with Gasteiger partial charge in [-0.1, -0.05) is 23.7 Å². The largest absolute Gasteiger partial charge is 0.484 e. The zero-order chi connectivity index (χ0) is 15.6. The van der Waals surface area contributed by atoms with Gasteiger partial charge in [-0.2, -0.15) is 0 Å². The van der Waals surface area contributed by atoms with Gasteiger partial charge in [-0.25, -0.2) is 4.39 Å². The molecule has 0 unspecified atom stereocenters. The summed E-state index contributed by atoms with van der Waals surface area (Å²) in [4.78, 5) is 12.0. The van der Waals surface area contributed by atoms with Gasteiger partial charge in [0.05, 0.1) is 5.54 Å². The first kappa shape index (κ1) is 14.9. The number of hydrogen-bond donors (Lipinski definition) is 1. The van der Waals surface area contributed by atoms with Crippen molar-refractivity contribution in [1.82, 2.24) is 5.32 Å². The molecule has 1 saturated carbocycles. The second-order valence-electron chi connectivity index (χ2n) is 5.38. The smallest absolute Gasteiger partial charge is 0.258 e. The Balaban J connectivity index is 1.57. The van der Waals surface area contributed by atoms with Gasteiger partial charge < -0.3 is 10.1 Å². The van der Waals surface area contributed by atoms with Crippen LogP contribution in [0.5, 0.6) is 5.75 Å². The van der Waals surface area contributed by atoms with Crippen molar-refractivity contribution >= 4 is 17.5 Å².